The number of nitrogen functional groups attached to an aromatic ring is 1. The molecule has 2 aromatic carbocycles. The molecule has 1 fully saturated rings. The number of carbonyl (C=O) groups excluding carboxylic acids is 2. The number of amides is 1. The molecule has 0 atom stereocenters. The topological polar surface area (TPSA) is 85.1 Å². The summed E-state index contributed by atoms with van der Waals surface area (Å²) in [5, 5.41) is 3.82. The lowest BCUT2D eigenvalue weighted by Gasteiger charge is -2.13. The molecule has 0 bridgehead atoms. The van der Waals surface area contributed by atoms with Gasteiger partial charge in [0.1, 0.15) is 5.01 Å². The van der Waals surface area contributed by atoms with Crippen LogP contribution in [0.4, 0.5) is 11.4 Å². The molecule has 0 unspecified atom stereocenters. The summed E-state index contributed by atoms with van der Waals surface area (Å²) in [5.74, 6) is -0.197. The van der Waals surface area contributed by atoms with Crippen molar-refractivity contribution < 1.29 is 9.59 Å². The molecule has 1 saturated carbocycles. The maximum Gasteiger partial charge on any atom is 0.255 e. The maximum atomic E-state index is 12.5. The standard InChI is InChI=1S/C21H19N3O2S/c1-13-18(12-25)27-20(23-13)21(10-11-21)15-8-6-14(7-9-15)19(26)24-17-5-3-2-4-16(17)22/h2-9,12H,10-11,22H2,1H3,(H,24,26). The van der Waals surface area contributed by atoms with Gasteiger partial charge >= 0.3 is 0 Å². The molecule has 1 aliphatic carbocycles. The first-order valence-electron chi connectivity index (χ1n) is 8.73. The van der Waals surface area contributed by atoms with E-state index in [9.17, 15) is 9.59 Å². The molecule has 0 saturated heterocycles. The molecule has 0 spiro atoms. The van der Waals surface area contributed by atoms with Gasteiger partial charge in [0.25, 0.3) is 5.91 Å². The van der Waals surface area contributed by atoms with Crippen LogP contribution in [0.3, 0.4) is 0 Å². The average Bonchev–Trinajstić information content (AvgIpc) is 3.40. The van der Waals surface area contributed by atoms with E-state index in [2.05, 4.69) is 10.3 Å². The van der Waals surface area contributed by atoms with Gasteiger partial charge in [-0.15, -0.1) is 11.3 Å². The minimum absolute atomic E-state index is 0.116. The predicted octanol–water partition coefficient (Wildman–Crippen LogP) is 4.18. The van der Waals surface area contributed by atoms with E-state index in [1.54, 1.807) is 12.1 Å². The summed E-state index contributed by atoms with van der Waals surface area (Å²) in [4.78, 5) is 28.9. The Balaban J connectivity index is 1.56. The fourth-order valence-electron chi connectivity index (χ4n) is 3.22. The van der Waals surface area contributed by atoms with Crippen molar-refractivity contribution in [2.45, 2.75) is 25.2 Å². The Bertz CT molecular complexity index is 1020. The van der Waals surface area contributed by atoms with Crippen LogP contribution in [0.15, 0.2) is 48.5 Å². The Morgan fingerprint density at radius 3 is 2.48 bits per heavy atom. The molecule has 0 radical (unpaired) electrons. The summed E-state index contributed by atoms with van der Waals surface area (Å²) in [7, 11) is 0. The second-order valence-corrected chi connectivity index (χ2v) is 7.82. The van der Waals surface area contributed by atoms with Crippen LogP contribution in [-0.2, 0) is 5.41 Å². The SMILES string of the molecule is Cc1nc(C2(c3ccc(C(=O)Nc4ccccc4N)cc3)CC2)sc1C=O. The van der Waals surface area contributed by atoms with Crippen LogP contribution in [-0.4, -0.2) is 17.2 Å². The summed E-state index contributed by atoms with van der Waals surface area (Å²) < 4.78 is 0. The van der Waals surface area contributed by atoms with E-state index in [-0.39, 0.29) is 11.3 Å². The van der Waals surface area contributed by atoms with Crippen LogP contribution < -0.4 is 11.1 Å². The summed E-state index contributed by atoms with van der Waals surface area (Å²) in [6, 6.07) is 14.8. The smallest absolute Gasteiger partial charge is 0.255 e. The monoisotopic (exact) mass is 377 g/mol. The van der Waals surface area contributed by atoms with E-state index in [4.69, 9.17) is 5.73 Å². The molecule has 1 aliphatic rings. The number of carbonyl (C=O) groups is 2. The number of hydrogen-bond donors (Lipinski definition) is 2. The highest BCUT2D eigenvalue weighted by molar-refractivity contribution is 7.13. The fourth-order valence-corrected chi connectivity index (χ4v) is 4.37. The fraction of sp³-hybridized carbons (Fsp3) is 0.190. The van der Waals surface area contributed by atoms with Crippen LogP contribution >= 0.6 is 11.3 Å². The van der Waals surface area contributed by atoms with Crippen molar-refractivity contribution in [1.29, 1.82) is 0 Å². The summed E-state index contributed by atoms with van der Waals surface area (Å²) in [6.07, 6.45) is 2.88. The largest absolute Gasteiger partial charge is 0.397 e. The van der Waals surface area contributed by atoms with Crippen LogP contribution in [0.1, 0.15) is 49.1 Å². The van der Waals surface area contributed by atoms with Gasteiger partial charge in [-0.3, -0.25) is 9.59 Å². The zero-order valence-electron chi connectivity index (χ0n) is 14.9. The minimum atomic E-state index is -0.197. The van der Waals surface area contributed by atoms with Crippen LogP contribution in [0.2, 0.25) is 0 Å². The highest BCUT2D eigenvalue weighted by Crippen LogP contribution is 2.54. The first-order valence-corrected chi connectivity index (χ1v) is 9.54. The molecule has 27 heavy (non-hydrogen) atoms. The van der Waals surface area contributed by atoms with E-state index < -0.39 is 0 Å². The quantitative estimate of drug-likeness (QED) is 0.516. The van der Waals surface area contributed by atoms with Crippen LogP contribution in [0, 0.1) is 6.92 Å². The molecular formula is C21H19N3O2S. The molecule has 0 aliphatic heterocycles. The first kappa shape index (κ1) is 17.4. The van der Waals surface area contributed by atoms with E-state index in [1.165, 1.54) is 11.3 Å². The zero-order chi connectivity index (χ0) is 19.0. The molecular weight excluding hydrogens is 358 g/mol. The lowest BCUT2D eigenvalue weighted by atomic mass is 9.95. The number of nitrogens with two attached hydrogens (primary N) is 1. The van der Waals surface area contributed by atoms with Crippen molar-refractivity contribution >= 4 is 34.9 Å². The van der Waals surface area contributed by atoms with E-state index >= 15 is 0 Å². The molecule has 6 heteroatoms. The highest BCUT2D eigenvalue weighted by Gasteiger charge is 2.48. The molecule has 3 aromatic rings. The molecule has 4 rings (SSSR count). The van der Waals surface area contributed by atoms with Gasteiger partial charge in [0.15, 0.2) is 6.29 Å². The molecule has 5 nitrogen and oxygen atoms in total. The van der Waals surface area contributed by atoms with E-state index in [0.717, 1.165) is 35.4 Å². The van der Waals surface area contributed by atoms with Crippen LogP contribution in [0.25, 0.3) is 0 Å². The third-order valence-corrected chi connectivity index (χ3v) is 6.29. The Hall–Kier alpha value is -2.99. The lowest BCUT2D eigenvalue weighted by Crippen LogP contribution is -2.14. The van der Waals surface area contributed by atoms with Gasteiger partial charge in [-0.1, -0.05) is 24.3 Å². The number of hydrogen-bond acceptors (Lipinski definition) is 5. The van der Waals surface area contributed by atoms with Crippen molar-refractivity contribution in [3.8, 4) is 0 Å². The maximum absolute atomic E-state index is 12.5. The number of rotatable bonds is 5. The number of anilines is 2. The minimum Gasteiger partial charge on any atom is -0.397 e. The second-order valence-electron chi connectivity index (χ2n) is 6.79. The normalized spacial score (nSPS) is 14.6. The first-order chi connectivity index (χ1) is 13.0. The Labute approximate surface area is 161 Å². The lowest BCUT2D eigenvalue weighted by molar-refractivity contribution is 0.102. The van der Waals surface area contributed by atoms with Crippen molar-refractivity contribution in [2.75, 3.05) is 11.1 Å². The van der Waals surface area contributed by atoms with Gasteiger partial charge in [-0.2, -0.15) is 0 Å². The van der Waals surface area contributed by atoms with Crippen molar-refractivity contribution in [2.24, 2.45) is 0 Å². The third kappa shape index (κ3) is 3.13. The van der Waals surface area contributed by atoms with Crippen LogP contribution in [0.5, 0.6) is 0 Å². The van der Waals surface area contributed by atoms with Crippen molar-refractivity contribution in [3.05, 3.63) is 75.2 Å². The Morgan fingerprint density at radius 2 is 1.89 bits per heavy atom. The van der Waals surface area contributed by atoms with Gasteiger partial charge in [0.05, 0.1) is 21.9 Å². The summed E-state index contributed by atoms with van der Waals surface area (Å²) >= 11 is 1.47. The van der Waals surface area contributed by atoms with Gasteiger partial charge in [0, 0.05) is 11.0 Å². The predicted molar refractivity (Wildman–Crippen MR) is 108 cm³/mol. The van der Waals surface area contributed by atoms with Gasteiger partial charge in [-0.25, -0.2) is 4.98 Å². The number of benzene rings is 2. The summed E-state index contributed by atoms with van der Waals surface area (Å²) in [5.41, 5.74) is 9.38. The number of nitrogens with one attached hydrogen (secondary N) is 1. The molecule has 1 heterocycles. The highest BCUT2D eigenvalue weighted by atomic mass is 32.1. The number of aldehydes is 1. The average molecular weight is 377 g/mol. The van der Waals surface area contributed by atoms with Gasteiger partial charge in [-0.05, 0) is 49.6 Å². The van der Waals surface area contributed by atoms with Crippen molar-refractivity contribution in [1.82, 2.24) is 4.98 Å². The number of aromatic nitrogens is 1. The molecule has 1 amide bonds. The summed E-state index contributed by atoms with van der Waals surface area (Å²) in [6.45, 7) is 1.86. The number of para-hydroxylation sites is 2. The molecule has 1 aromatic heterocycles. The third-order valence-electron chi connectivity index (χ3n) is 5.01. The van der Waals surface area contributed by atoms with Gasteiger partial charge in [0.2, 0.25) is 0 Å². The number of thiazole rings is 1. The van der Waals surface area contributed by atoms with E-state index in [0.29, 0.717) is 21.8 Å². The van der Waals surface area contributed by atoms with Crippen molar-refractivity contribution in [3.63, 3.8) is 0 Å². The number of nitrogens with zero attached hydrogens (tertiary/aromatic N) is 1. The zero-order valence-corrected chi connectivity index (χ0v) is 15.7. The Kier molecular flexibility index (Phi) is 4.28. The van der Waals surface area contributed by atoms with Gasteiger partial charge < -0.3 is 11.1 Å². The Morgan fingerprint density at radius 1 is 1.19 bits per heavy atom. The molecule has 3 N–H and O–H groups in total. The molecule has 136 valence electrons. The second kappa shape index (κ2) is 6.63. The van der Waals surface area contributed by atoms with E-state index in [1.807, 2.05) is 43.3 Å². The number of aryl methyl sites for hydroxylation is 1.